The van der Waals surface area contributed by atoms with E-state index in [1.807, 2.05) is 0 Å². The summed E-state index contributed by atoms with van der Waals surface area (Å²) < 4.78 is 0. The monoisotopic (exact) mass is 212 g/mol. The molecule has 0 saturated heterocycles. The number of rotatable bonds is 2. The maximum atomic E-state index is 6.05. The third-order valence-corrected chi connectivity index (χ3v) is 3.88. The van der Waals surface area contributed by atoms with E-state index in [1.54, 1.807) is 0 Å². The fraction of sp³-hybridized carbons (Fsp3) is 0.667. The van der Waals surface area contributed by atoms with Crippen molar-refractivity contribution < 1.29 is 0 Å². The molecule has 0 nitrogen and oxygen atoms in total. The molecule has 0 amide bonds. The lowest BCUT2D eigenvalue weighted by molar-refractivity contribution is 1.90. The van der Waals surface area contributed by atoms with E-state index in [9.17, 15) is 0 Å². The molecule has 0 aromatic rings. The zero-order chi connectivity index (χ0) is 8.41. The van der Waals surface area contributed by atoms with Crippen LogP contribution in [0.15, 0.2) is 11.4 Å². The van der Waals surface area contributed by atoms with Crippen molar-refractivity contribution in [1.82, 2.24) is 0 Å². The summed E-state index contributed by atoms with van der Waals surface area (Å²) >= 11 is 12.1. The maximum Gasteiger partial charge on any atom is 0.173 e. The summed E-state index contributed by atoms with van der Waals surface area (Å²) in [6.07, 6.45) is 0. The van der Waals surface area contributed by atoms with Gasteiger partial charge in [-0.3, -0.25) is 0 Å². The molecule has 60 valence electrons. The predicted molar refractivity (Wildman–Crippen MR) is 55.8 cm³/mol. The third kappa shape index (κ3) is 8.75. The second kappa shape index (κ2) is 3.43. The molecule has 0 aliphatic rings. The van der Waals surface area contributed by atoms with Gasteiger partial charge in [0.2, 0.25) is 0 Å². The molecule has 0 unspecified atom stereocenters. The molecule has 0 aliphatic heterocycles. The zero-order valence-electron chi connectivity index (χ0n) is 6.91. The third-order valence-electron chi connectivity index (χ3n) is 0.876. The summed E-state index contributed by atoms with van der Waals surface area (Å²) in [5.74, 6) is 0. The van der Waals surface area contributed by atoms with E-state index < -0.39 is 14.8 Å². The Labute approximate surface area is 74.7 Å². The van der Waals surface area contributed by atoms with Gasteiger partial charge in [0.15, 0.2) is 14.8 Å². The van der Waals surface area contributed by atoms with Crippen LogP contribution in [0.4, 0.5) is 0 Å². The van der Waals surface area contributed by atoms with Crippen LogP contribution in [0, 0.1) is 0 Å². The first-order chi connectivity index (χ1) is 4.21. The van der Waals surface area contributed by atoms with Crippen LogP contribution >= 0.6 is 22.2 Å². The Kier molecular flexibility index (Phi) is 3.69. The highest BCUT2D eigenvalue weighted by atomic mass is 35.6. The maximum absolute atomic E-state index is 6.05. The van der Waals surface area contributed by atoms with Gasteiger partial charge in [0.05, 0.1) is 0 Å². The van der Waals surface area contributed by atoms with Crippen molar-refractivity contribution >= 4 is 36.9 Å². The molecular weight excluding hydrogens is 199 g/mol. The van der Waals surface area contributed by atoms with E-state index in [0.717, 1.165) is 0 Å². The average Bonchev–Trinajstić information content (AvgIpc) is 1.57. The largest absolute Gasteiger partial charge is 0.173 e. The van der Waals surface area contributed by atoms with Crippen molar-refractivity contribution in [3.8, 4) is 0 Å². The minimum atomic E-state index is -1.53. The molecule has 0 radical (unpaired) electrons. The molecule has 0 aromatic heterocycles. The first-order valence-corrected chi connectivity index (χ1v) is 11.5. The average molecular weight is 213 g/mol. The number of hydrogen-bond donors (Lipinski definition) is 0. The van der Waals surface area contributed by atoms with Gasteiger partial charge in [-0.2, -0.15) is 22.2 Å². The topological polar surface area (TPSA) is 0 Å². The molecule has 0 aromatic carbocycles. The van der Waals surface area contributed by atoms with Crippen LogP contribution in [0.5, 0.6) is 0 Å². The highest BCUT2D eigenvalue weighted by Gasteiger charge is 2.16. The Morgan fingerprint density at radius 1 is 0.800 bits per heavy atom. The van der Waals surface area contributed by atoms with Gasteiger partial charge < -0.3 is 0 Å². The molecular formula is C6H14Cl2Si2. The number of hydrogen-bond acceptors (Lipinski definition) is 0. The van der Waals surface area contributed by atoms with Crippen molar-refractivity contribution in [3.63, 3.8) is 0 Å². The Bertz CT molecular complexity index is 114. The summed E-state index contributed by atoms with van der Waals surface area (Å²) in [7, 11) is -3.05. The Hall–Kier alpha value is 0.754. The van der Waals surface area contributed by atoms with Crippen LogP contribution in [-0.4, -0.2) is 14.8 Å². The molecule has 4 heteroatoms. The molecule has 0 spiro atoms. The van der Waals surface area contributed by atoms with Crippen molar-refractivity contribution in [3.05, 3.63) is 11.4 Å². The van der Waals surface area contributed by atoms with Gasteiger partial charge >= 0.3 is 0 Å². The predicted octanol–water partition coefficient (Wildman–Crippen LogP) is 3.51. The Morgan fingerprint density at radius 2 is 1.00 bits per heavy atom. The molecule has 0 aliphatic carbocycles. The fourth-order valence-corrected chi connectivity index (χ4v) is 4.70. The van der Waals surface area contributed by atoms with Gasteiger partial charge in [-0.1, -0.05) is 37.6 Å². The Balaban J connectivity index is 4.01. The highest BCUT2D eigenvalue weighted by molar-refractivity contribution is 7.25. The van der Waals surface area contributed by atoms with Gasteiger partial charge in [-0.15, -0.1) is 0 Å². The second-order valence-corrected chi connectivity index (χ2v) is 16.2. The molecule has 0 heterocycles. The quantitative estimate of drug-likeness (QED) is 0.486. The van der Waals surface area contributed by atoms with Crippen molar-refractivity contribution in [2.24, 2.45) is 0 Å². The standard InChI is InChI=1S/C6H14Cl2Si2/c1-9(2,7)5-6-10(3,4)8/h5-6H,1-4H3/b6-5-. The molecule has 0 bridgehead atoms. The van der Waals surface area contributed by atoms with E-state index in [2.05, 4.69) is 37.6 Å². The van der Waals surface area contributed by atoms with E-state index in [0.29, 0.717) is 0 Å². The van der Waals surface area contributed by atoms with Crippen LogP contribution in [0.2, 0.25) is 26.2 Å². The minimum absolute atomic E-state index is 1.53. The van der Waals surface area contributed by atoms with Gasteiger partial charge in [0.25, 0.3) is 0 Å². The van der Waals surface area contributed by atoms with E-state index >= 15 is 0 Å². The SMILES string of the molecule is C[Si](C)(Cl)/C=C\[Si](C)(C)Cl. The van der Waals surface area contributed by atoms with Crippen LogP contribution in [0.3, 0.4) is 0 Å². The lowest BCUT2D eigenvalue weighted by Gasteiger charge is -2.09. The smallest absolute Gasteiger partial charge is 0.162 e. The van der Waals surface area contributed by atoms with Crippen LogP contribution in [-0.2, 0) is 0 Å². The summed E-state index contributed by atoms with van der Waals surface area (Å²) in [5.41, 5.74) is 4.21. The number of halogens is 2. The summed E-state index contributed by atoms with van der Waals surface area (Å²) in [6, 6.07) is 0. The van der Waals surface area contributed by atoms with Gasteiger partial charge in [0, 0.05) is 0 Å². The first-order valence-electron chi connectivity index (χ1n) is 3.29. The fourth-order valence-electron chi connectivity index (χ4n) is 0.396. The highest BCUT2D eigenvalue weighted by Crippen LogP contribution is 2.14. The van der Waals surface area contributed by atoms with Crippen molar-refractivity contribution in [1.29, 1.82) is 0 Å². The molecule has 0 fully saturated rings. The molecule has 10 heavy (non-hydrogen) atoms. The first kappa shape index (κ1) is 10.8. The summed E-state index contributed by atoms with van der Waals surface area (Å²) in [6.45, 7) is 8.34. The van der Waals surface area contributed by atoms with Crippen LogP contribution in [0.1, 0.15) is 0 Å². The summed E-state index contributed by atoms with van der Waals surface area (Å²) in [4.78, 5) is 0. The van der Waals surface area contributed by atoms with Crippen molar-refractivity contribution in [2.75, 3.05) is 0 Å². The molecule has 0 atom stereocenters. The minimum Gasteiger partial charge on any atom is -0.162 e. The van der Waals surface area contributed by atoms with Gasteiger partial charge in [-0.25, -0.2) is 0 Å². The van der Waals surface area contributed by atoms with E-state index in [4.69, 9.17) is 22.2 Å². The van der Waals surface area contributed by atoms with E-state index in [1.165, 1.54) is 0 Å². The van der Waals surface area contributed by atoms with Gasteiger partial charge in [0.1, 0.15) is 0 Å². The molecule has 0 saturated carbocycles. The normalized spacial score (nSPS) is 14.6. The lowest BCUT2D eigenvalue weighted by Crippen LogP contribution is -2.18. The lowest BCUT2D eigenvalue weighted by atomic mass is 11.2. The van der Waals surface area contributed by atoms with E-state index in [-0.39, 0.29) is 0 Å². The zero-order valence-corrected chi connectivity index (χ0v) is 10.4. The summed E-state index contributed by atoms with van der Waals surface area (Å²) in [5, 5.41) is 0. The second-order valence-electron chi connectivity index (χ2n) is 3.46. The van der Waals surface area contributed by atoms with Crippen LogP contribution in [0.25, 0.3) is 0 Å². The molecule has 0 N–H and O–H groups in total. The molecule has 0 rings (SSSR count). The van der Waals surface area contributed by atoms with Crippen molar-refractivity contribution in [2.45, 2.75) is 26.2 Å². The van der Waals surface area contributed by atoms with Gasteiger partial charge in [-0.05, 0) is 0 Å². The van der Waals surface area contributed by atoms with Crippen LogP contribution < -0.4 is 0 Å². The Morgan fingerprint density at radius 3 is 1.10 bits per heavy atom.